The van der Waals surface area contributed by atoms with Crippen LogP contribution >= 0.6 is 0 Å². The molecule has 0 saturated heterocycles. The average Bonchev–Trinajstić information content (AvgIpc) is 2.49. The zero-order valence-corrected chi connectivity index (χ0v) is 10.7. The van der Waals surface area contributed by atoms with E-state index in [0.717, 1.165) is 0 Å². The van der Waals surface area contributed by atoms with E-state index in [9.17, 15) is 4.39 Å². The fourth-order valence-electron chi connectivity index (χ4n) is 1.33. The summed E-state index contributed by atoms with van der Waals surface area (Å²) >= 11 is 0. The second kappa shape index (κ2) is 6.37. The molecule has 0 saturated carbocycles. The summed E-state index contributed by atoms with van der Waals surface area (Å²) in [6.45, 7) is 0. The van der Waals surface area contributed by atoms with Crippen LogP contribution in [0.5, 0.6) is 5.88 Å². The van der Waals surface area contributed by atoms with Crippen molar-refractivity contribution in [3.63, 3.8) is 0 Å². The monoisotopic (exact) mass is 273 g/mol. The van der Waals surface area contributed by atoms with Crippen LogP contribution in [0.25, 0.3) is 0 Å². The van der Waals surface area contributed by atoms with Crippen molar-refractivity contribution in [2.24, 2.45) is 15.9 Å². The molecule has 102 valence electrons. The first-order chi connectivity index (χ1) is 9.69. The van der Waals surface area contributed by atoms with E-state index in [2.05, 4.69) is 20.2 Å². The van der Waals surface area contributed by atoms with Crippen molar-refractivity contribution < 1.29 is 9.13 Å². The van der Waals surface area contributed by atoms with Gasteiger partial charge in [0.1, 0.15) is 11.5 Å². The lowest BCUT2D eigenvalue weighted by molar-refractivity contribution is 0.395. The zero-order valence-electron chi connectivity index (χ0n) is 10.7. The number of nitrogens with two attached hydrogens (primary N) is 1. The molecule has 7 heteroatoms. The standard InChI is InChI=1S/C13H12FN5O/c1-20-12-8-16-7-11(18-12)13(15)19-17-6-9-2-4-10(14)5-3-9/h2-8H,1H3,(H2,15,19)/b17-6+. The summed E-state index contributed by atoms with van der Waals surface area (Å²) in [5.41, 5.74) is 6.79. The van der Waals surface area contributed by atoms with Crippen molar-refractivity contribution in [3.05, 3.63) is 53.7 Å². The maximum atomic E-state index is 12.7. The molecular formula is C13H12FN5O. The van der Waals surface area contributed by atoms with E-state index in [1.54, 1.807) is 12.1 Å². The number of nitrogens with zero attached hydrogens (tertiary/aromatic N) is 4. The highest BCUT2D eigenvalue weighted by Crippen LogP contribution is 2.04. The molecule has 20 heavy (non-hydrogen) atoms. The van der Waals surface area contributed by atoms with Gasteiger partial charge in [-0.25, -0.2) is 9.37 Å². The number of halogens is 1. The minimum absolute atomic E-state index is 0.106. The van der Waals surface area contributed by atoms with E-state index in [1.165, 1.54) is 37.9 Å². The molecule has 0 bridgehead atoms. The quantitative estimate of drug-likeness (QED) is 0.518. The zero-order chi connectivity index (χ0) is 14.4. The van der Waals surface area contributed by atoms with E-state index in [1.807, 2.05) is 0 Å². The molecule has 2 aromatic rings. The van der Waals surface area contributed by atoms with Gasteiger partial charge in [-0.3, -0.25) is 4.98 Å². The van der Waals surface area contributed by atoms with Gasteiger partial charge in [-0.05, 0) is 17.7 Å². The molecule has 1 aromatic heterocycles. The Kier molecular flexibility index (Phi) is 4.33. The smallest absolute Gasteiger partial charge is 0.232 e. The minimum Gasteiger partial charge on any atom is -0.480 e. The molecule has 2 N–H and O–H groups in total. The van der Waals surface area contributed by atoms with Crippen LogP contribution in [0, 0.1) is 5.82 Å². The number of ether oxygens (including phenoxy) is 1. The number of methoxy groups -OCH3 is 1. The normalized spacial score (nSPS) is 11.8. The summed E-state index contributed by atoms with van der Waals surface area (Å²) in [5.74, 6) is 0.134. The average molecular weight is 273 g/mol. The van der Waals surface area contributed by atoms with Crippen molar-refractivity contribution in [1.29, 1.82) is 0 Å². The number of rotatable bonds is 4. The fraction of sp³-hybridized carbons (Fsp3) is 0.0769. The van der Waals surface area contributed by atoms with Gasteiger partial charge in [-0.15, -0.1) is 5.10 Å². The van der Waals surface area contributed by atoms with Crippen LogP contribution in [0.1, 0.15) is 11.3 Å². The highest BCUT2D eigenvalue weighted by Gasteiger charge is 2.02. The van der Waals surface area contributed by atoms with Gasteiger partial charge < -0.3 is 10.5 Å². The Balaban J connectivity index is 2.11. The number of aromatic nitrogens is 2. The lowest BCUT2D eigenvalue weighted by atomic mass is 10.2. The first-order valence-electron chi connectivity index (χ1n) is 5.67. The highest BCUT2D eigenvalue weighted by molar-refractivity contribution is 5.95. The van der Waals surface area contributed by atoms with Crippen LogP contribution in [0.15, 0.2) is 46.9 Å². The number of hydrogen-bond acceptors (Lipinski definition) is 5. The molecule has 1 aromatic carbocycles. The maximum Gasteiger partial charge on any atom is 0.232 e. The summed E-state index contributed by atoms with van der Waals surface area (Å²) in [6.07, 6.45) is 4.37. The first-order valence-corrected chi connectivity index (χ1v) is 5.67. The van der Waals surface area contributed by atoms with Crippen molar-refractivity contribution >= 4 is 12.1 Å². The van der Waals surface area contributed by atoms with Gasteiger partial charge in [0.15, 0.2) is 5.84 Å². The fourth-order valence-corrected chi connectivity index (χ4v) is 1.33. The van der Waals surface area contributed by atoms with Crippen LogP contribution in [-0.4, -0.2) is 29.1 Å². The molecule has 0 amide bonds. The van der Waals surface area contributed by atoms with E-state index in [0.29, 0.717) is 17.1 Å². The number of hydrogen-bond donors (Lipinski definition) is 1. The molecule has 0 fully saturated rings. The summed E-state index contributed by atoms with van der Waals surface area (Å²) in [6, 6.07) is 5.83. The Hall–Kier alpha value is -2.83. The third kappa shape index (κ3) is 3.58. The number of benzene rings is 1. The minimum atomic E-state index is -0.308. The van der Waals surface area contributed by atoms with Gasteiger partial charge in [0.2, 0.25) is 5.88 Å². The molecule has 0 atom stereocenters. The van der Waals surface area contributed by atoms with Gasteiger partial charge in [-0.1, -0.05) is 12.1 Å². The predicted octanol–water partition coefficient (Wildman–Crippen LogP) is 1.36. The van der Waals surface area contributed by atoms with Gasteiger partial charge >= 0.3 is 0 Å². The molecule has 0 aliphatic carbocycles. The summed E-state index contributed by atoms with van der Waals surface area (Å²) in [4.78, 5) is 7.98. The largest absolute Gasteiger partial charge is 0.480 e. The Morgan fingerprint density at radius 2 is 2.05 bits per heavy atom. The number of amidine groups is 1. The molecule has 0 unspecified atom stereocenters. The topological polar surface area (TPSA) is 85.8 Å². The van der Waals surface area contributed by atoms with Crippen molar-refractivity contribution in [1.82, 2.24) is 9.97 Å². The van der Waals surface area contributed by atoms with Crippen molar-refractivity contribution in [2.75, 3.05) is 7.11 Å². The van der Waals surface area contributed by atoms with Crippen LogP contribution in [0.4, 0.5) is 4.39 Å². The lowest BCUT2D eigenvalue weighted by Crippen LogP contribution is -2.15. The van der Waals surface area contributed by atoms with Gasteiger partial charge in [0.05, 0.1) is 25.7 Å². The Bertz CT molecular complexity index is 639. The molecule has 0 aliphatic rings. The molecule has 2 rings (SSSR count). The third-order valence-electron chi connectivity index (χ3n) is 2.33. The third-order valence-corrected chi connectivity index (χ3v) is 2.33. The second-order valence-corrected chi connectivity index (χ2v) is 3.73. The summed E-state index contributed by atoms with van der Waals surface area (Å²) < 4.78 is 17.6. The Morgan fingerprint density at radius 3 is 2.75 bits per heavy atom. The Morgan fingerprint density at radius 1 is 1.30 bits per heavy atom. The van der Waals surface area contributed by atoms with E-state index >= 15 is 0 Å². The van der Waals surface area contributed by atoms with Crippen LogP contribution < -0.4 is 10.5 Å². The van der Waals surface area contributed by atoms with E-state index in [-0.39, 0.29) is 11.7 Å². The molecule has 0 aliphatic heterocycles. The van der Waals surface area contributed by atoms with E-state index in [4.69, 9.17) is 10.5 Å². The van der Waals surface area contributed by atoms with E-state index < -0.39 is 0 Å². The highest BCUT2D eigenvalue weighted by atomic mass is 19.1. The Labute approximate surface area is 114 Å². The lowest BCUT2D eigenvalue weighted by Gasteiger charge is -2.00. The van der Waals surface area contributed by atoms with Crippen LogP contribution in [0.3, 0.4) is 0 Å². The molecular weight excluding hydrogens is 261 g/mol. The molecule has 0 spiro atoms. The molecule has 6 nitrogen and oxygen atoms in total. The van der Waals surface area contributed by atoms with Gasteiger partial charge in [0, 0.05) is 0 Å². The SMILES string of the molecule is COc1cncc(/C(N)=N/N=C/c2ccc(F)cc2)n1. The van der Waals surface area contributed by atoms with Gasteiger partial charge in [-0.2, -0.15) is 5.10 Å². The summed E-state index contributed by atoms with van der Waals surface area (Å²) in [7, 11) is 1.48. The maximum absolute atomic E-state index is 12.7. The second-order valence-electron chi connectivity index (χ2n) is 3.73. The molecule has 1 heterocycles. The van der Waals surface area contributed by atoms with Gasteiger partial charge in [0.25, 0.3) is 0 Å². The summed E-state index contributed by atoms with van der Waals surface area (Å²) in [5, 5.41) is 7.61. The first kappa shape index (κ1) is 13.6. The van der Waals surface area contributed by atoms with Crippen LogP contribution in [0.2, 0.25) is 0 Å². The predicted molar refractivity (Wildman–Crippen MR) is 73.3 cm³/mol. The van der Waals surface area contributed by atoms with Crippen LogP contribution in [-0.2, 0) is 0 Å². The molecule has 0 radical (unpaired) electrons. The van der Waals surface area contributed by atoms with Crippen molar-refractivity contribution in [3.8, 4) is 5.88 Å². The van der Waals surface area contributed by atoms with Crippen molar-refractivity contribution in [2.45, 2.75) is 0 Å².